The standard InChI is InChI=1S/C14H27N3O2/c1-16(2)12-5-4-8-17(9-12)10-13(14(18)19-3)15-11-6-7-11/h11-13,15H,4-10H2,1-3H3. The van der Waals surface area contributed by atoms with Crippen molar-refractivity contribution in [2.75, 3.05) is 40.8 Å². The van der Waals surface area contributed by atoms with Crippen LogP contribution >= 0.6 is 0 Å². The number of carbonyl (C=O) groups excluding carboxylic acids is 1. The van der Waals surface area contributed by atoms with Crippen LogP contribution in [0.25, 0.3) is 0 Å². The second-order valence-corrected chi connectivity index (χ2v) is 6.04. The lowest BCUT2D eigenvalue weighted by Gasteiger charge is -2.37. The van der Waals surface area contributed by atoms with Crippen LogP contribution in [0.15, 0.2) is 0 Å². The van der Waals surface area contributed by atoms with E-state index < -0.39 is 0 Å². The van der Waals surface area contributed by atoms with Crippen LogP contribution in [-0.2, 0) is 9.53 Å². The van der Waals surface area contributed by atoms with E-state index in [1.165, 1.54) is 32.8 Å². The number of likely N-dealkylation sites (tertiary alicyclic amines) is 1. The largest absolute Gasteiger partial charge is 0.468 e. The van der Waals surface area contributed by atoms with Crippen molar-refractivity contribution in [1.29, 1.82) is 0 Å². The number of hydrogen-bond donors (Lipinski definition) is 1. The van der Waals surface area contributed by atoms with Gasteiger partial charge in [-0.05, 0) is 46.3 Å². The fraction of sp³-hybridized carbons (Fsp3) is 0.929. The number of esters is 1. The first-order valence-electron chi connectivity index (χ1n) is 7.33. The highest BCUT2D eigenvalue weighted by atomic mass is 16.5. The highest BCUT2D eigenvalue weighted by Crippen LogP contribution is 2.20. The first kappa shape index (κ1) is 14.8. The molecule has 19 heavy (non-hydrogen) atoms. The van der Waals surface area contributed by atoms with Crippen LogP contribution < -0.4 is 5.32 Å². The Labute approximate surface area is 116 Å². The van der Waals surface area contributed by atoms with Crippen LogP contribution in [0.2, 0.25) is 0 Å². The molecule has 1 heterocycles. The van der Waals surface area contributed by atoms with Gasteiger partial charge in [-0.3, -0.25) is 9.69 Å². The van der Waals surface area contributed by atoms with Crippen molar-refractivity contribution in [3.63, 3.8) is 0 Å². The molecule has 110 valence electrons. The molecule has 5 heteroatoms. The van der Waals surface area contributed by atoms with E-state index in [0.29, 0.717) is 12.1 Å². The van der Waals surface area contributed by atoms with Crippen LogP contribution in [-0.4, -0.2) is 74.7 Å². The molecule has 2 fully saturated rings. The van der Waals surface area contributed by atoms with Crippen LogP contribution in [0.3, 0.4) is 0 Å². The van der Waals surface area contributed by atoms with Gasteiger partial charge >= 0.3 is 5.97 Å². The smallest absolute Gasteiger partial charge is 0.324 e. The van der Waals surface area contributed by atoms with Crippen molar-refractivity contribution >= 4 is 5.97 Å². The zero-order valence-corrected chi connectivity index (χ0v) is 12.4. The van der Waals surface area contributed by atoms with Crippen molar-refractivity contribution in [2.24, 2.45) is 0 Å². The second kappa shape index (κ2) is 6.68. The molecule has 2 rings (SSSR count). The van der Waals surface area contributed by atoms with Gasteiger partial charge in [-0.15, -0.1) is 0 Å². The molecule has 0 amide bonds. The van der Waals surface area contributed by atoms with E-state index in [-0.39, 0.29) is 12.0 Å². The molecule has 1 aliphatic heterocycles. The topological polar surface area (TPSA) is 44.8 Å². The zero-order valence-electron chi connectivity index (χ0n) is 12.4. The minimum Gasteiger partial charge on any atom is -0.468 e. The second-order valence-electron chi connectivity index (χ2n) is 6.04. The molecule has 1 aliphatic carbocycles. The Bertz CT molecular complexity index is 305. The Morgan fingerprint density at radius 3 is 2.74 bits per heavy atom. The van der Waals surface area contributed by atoms with Gasteiger partial charge in [0.2, 0.25) is 0 Å². The van der Waals surface area contributed by atoms with Crippen molar-refractivity contribution in [2.45, 2.75) is 43.8 Å². The molecule has 2 atom stereocenters. The maximum absolute atomic E-state index is 11.8. The Balaban J connectivity index is 1.86. The first-order valence-corrected chi connectivity index (χ1v) is 7.33. The summed E-state index contributed by atoms with van der Waals surface area (Å²) in [5, 5.41) is 3.40. The molecular weight excluding hydrogens is 242 g/mol. The number of likely N-dealkylation sites (N-methyl/N-ethyl adjacent to an activating group) is 1. The lowest BCUT2D eigenvalue weighted by atomic mass is 10.0. The SMILES string of the molecule is COC(=O)C(CN1CCCC(N(C)C)C1)NC1CC1. The summed E-state index contributed by atoms with van der Waals surface area (Å²) in [4.78, 5) is 16.5. The molecule has 0 spiro atoms. The van der Waals surface area contributed by atoms with Crippen molar-refractivity contribution in [3.8, 4) is 0 Å². The van der Waals surface area contributed by atoms with E-state index in [1.807, 2.05) is 0 Å². The summed E-state index contributed by atoms with van der Waals surface area (Å²) in [5.41, 5.74) is 0. The van der Waals surface area contributed by atoms with Crippen LogP contribution in [0.5, 0.6) is 0 Å². The number of nitrogens with one attached hydrogen (secondary N) is 1. The van der Waals surface area contributed by atoms with Crippen LogP contribution in [0.1, 0.15) is 25.7 Å². The quantitative estimate of drug-likeness (QED) is 0.703. The molecular formula is C14H27N3O2. The lowest BCUT2D eigenvalue weighted by Crippen LogP contribution is -2.52. The maximum Gasteiger partial charge on any atom is 0.324 e. The van der Waals surface area contributed by atoms with Gasteiger partial charge in [0.1, 0.15) is 6.04 Å². The summed E-state index contributed by atoms with van der Waals surface area (Å²) < 4.78 is 4.92. The fourth-order valence-corrected chi connectivity index (χ4v) is 2.75. The summed E-state index contributed by atoms with van der Waals surface area (Å²) in [6.07, 6.45) is 4.84. The average Bonchev–Trinajstić information content (AvgIpc) is 3.21. The third kappa shape index (κ3) is 4.44. The first-order chi connectivity index (χ1) is 9.10. The number of hydrogen-bond acceptors (Lipinski definition) is 5. The normalized spacial score (nSPS) is 26.4. The molecule has 1 saturated carbocycles. The number of carbonyl (C=O) groups is 1. The highest BCUT2D eigenvalue weighted by Gasteiger charge is 2.31. The fourth-order valence-electron chi connectivity index (χ4n) is 2.75. The van der Waals surface area contributed by atoms with Gasteiger partial charge in [0.15, 0.2) is 0 Å². The summed E-state index contributed by atoms with van der Waals surface area (Å²) in [7, 11) is 5.74. The molecule has 5 nitrogen and oxygen atoms in total. The molecule has 0 aromatic rings. The van der Waals surface area contributed by atoms with Crippen molar-refractivity contribution in [3.05, 3.63) is 0 Å². The predicted octanol–water partition coefficient (Wildman–Crippen LogP) is 0.306. The number of rotatable bonds is 6. The van der Waals surface area contributed by atoms with Gasteiger partial charge in [-0.25, -0.2) is 0 Å². The van der Waals surface area contributed by atoms with Gasteiger partial charge in [0.05, 0.1) is 7.11 Å². The zero-order chi connectivity index (χ0) is 13.8. The lowest BCUT2D eigenvalue weighted by molar-refractivity contribution is -0.143. The van der Waals surface area contributed by atoms with Gasteiger partial charge in [0.25, 0.3) is 0 Å². The third-order valence-corrected chi connectivity index (χ3v) is 4.15. The van der Waals surface area contributed by atoms with Gasteiger partial charge < -0.3 is 15.0 Å². The minimum atomic E-state index is -0.168. The van der Waals surface area contributed by atoms with Crippen molar-refractivity contribution in [1.82, 2.24) is 15.1 Å². The Morgan fingerprint density at radius 2 is 2.16 bits per heavy atom. The summed E-state index contributed by atoms with van der Waals surface area (Å²) >= 11 is 0. The molecule has 1 saturated heterocycles. The summed E-state index contributed by atoms with van der Waals surface area (Å²) in [6.45, 7) is 2.91. The van der Waals surface area contributed by atoms with Gasteiger partial charge in [0, 0.05) is 25.2 Å². The molecule has 0 aromatic carbocycles. The van der Waals surface area contributed by atoms with Gasteiger partial charge in [-0.2, -0.15) is 0 Å². The Hall–Kier alpha value is -0.650. The van der Waals surface area contributed by atoms with E-state index in [4.69, 9.17) is 4.74 Å². The summed E-state index contributed by atoms with van der Waals surface area (Å²) in [6, 6.07) is 0.963. The number of methoxy groups -OCH3 is 1. The molecule has 1 N–H and O–H groups in total. The van der Waals surface area contributed by atoms with E-state index in [1.54, 1.807) is 0 Å². The van der Waals surface area contributed by atoms with Crippen LogP contribution in [0, 0.1) is 0 Å². The molecule has 2 aliphatic rings. The predicted molar refractivity (Wildman–Crippen MR) is 75.1 cm³/mol. The molecule has 0 aromatic heterocycles. The maximum atomic E-state index is 11.8. The molecule has 0 radical (unpaired) electrons. The van der Waals surface area contributed by atoms with E-state index in [2.05, 4.69) is 29.2 Å². The van der Waals surface area contributed by atoms with Crippen molar-refractivity contribution < 1.29 is 9.53 Å². The summed E-state index contributed by atoms with van der Waals surface area (Å²) in [5.74, 6) is -0.126. The van der Waals surface area contributed by atoms with E-state index in [0.717, 1.165) is 19.6 Å². The number of nitrogens with zero attached hydrogens (tertiary/aromatic N) is 2. The van der Waals surface area contributed by atoms with E-state index >= 15 is 0 Å². The third-order valence-electron chi connectivity index (χ3n) is 4.15. The van der Waals surface area contributed by atoms with Crippen LogP contribution in [0.4, 0.5) is 0 Å². The average molecular weight is 269 g/mol. The minimum absolute atomic E-state index is 0.126. The van der Waals surface area contributed by atoms with E-state index in [9.17, 15) is 4.79 Å². The Kier molecular flexibility index (Phi) is 5.19. The van der Waals surface area contributed by atoms with Gasteiger partial charge in [-0.1, -0.05) is 0 Å². The highest BCUT2D eigenvalue weighted by molar-refractivity contribution is 5.76. The number of piperidine rings is 1. The molecule has 2 unspecified atom stereocenters. The Morgan fingerprint density at radius 1 is 1.42 bits per heavy atom. The monoisotopic (exact) mass is 269 g/mol. The molecule has 0 bridgehead atoms. The number of ether oxygens (including phenoxy) is 1.